The van der Waals surface area contributed by atoms with Crippen LogP contribution in [0.4, 0.5) is 4.39 Å². The van der Waals surface area contributed by atoms with Gasteiger partial charge in [-0.1, -0.05) is 17.7 Å². The van der Waals surface area contributed by atoms with Crippen LogP contribution in [-0.4, -0.2) is 4.98 Å². The molecule has 2 nitrogen and oxygen atoms in total. The summed E-state index contributed by atoms with van der Waals surface area (Å²) in [6, 6.07) is 4.40. The van der Waals surface area contributed by atoms with Gasteiger partial charge in [-0.3, -0.25) is 4.79 Å². The number of nitrogens with one attached hydrogen (secondary N) is 1. The van der Waals surface area contributed by atoms with Gasteiger partial charge in [0.25, 0.3) is 0 Å². The van der Waals surface area contributed by atoms with Gasteiger partial charge < -0.3 is 4.98 Å². The second kappa shape index (κ2) is 3.37. The Morgan fingerprint density at radius 2 is 2.14 bits per heavy atom. The van der Waals surface area contributed by atoms with Crippen LogP contribution < -0.4 is 5.56 Å². The highest BCUT2D eigenvalue weighted by Crippen LogP contribution is 2.26. The third kappa shape index (κ3) is 1.44. The molecule has 72 valence electrons. The third-order valence-corrected chi connectivity index (χ3v) is 2.78. The minimum absolute atomic E-state index is 0.122. The molecule has 0 aliphatic heterocycles. The third-order valence-electron chi connectivity index (χ3n) is 1.86. The van der Waals surface area contributed by atoms with Gasteiger partial charge in [0.2, 0.25) is 5.56 Å². The fourth-order valence-corrected chi connectivity index (χ4v) is 1.81. The Kier molecular flexibility index (Phi) is 2.33. The Hall–Kier alpha value is -0.870. The largest absolute Gasteiger partial charge is 0.319 e. The van der Waals surface area contributed by atoms with Crippen LogP contribution >= 0.6 is 27.5 Å². The van der Waals surface area contributed by atoms with E-state index in [1.54, 1.807) is 12.1 Å². The van der Waals surface area contributed by atoms with E-state index >= 15 is 0 Å². The Bertz CT molecular complexity index is 566. The number of rotatable bonds is 0. The quantitative estimate of drug-likeness (QED) is 0.788. The zero-order valence-corrected chi connectivity index (χ0v) is 9.12. The van der Waals surface area contributed by atoms with Crippen molar-refractivity contribution in [2.45, 2.75) is 0 Å². The molecule has 0 radical (unpaired) electrons. The molecule has 0 spiro atoms. The first kappa shape index (κ1) is 9.68. The van der Waals surface area contributed by atoms with Gasteiger partial charge in [-0.2, -0.15) is 0 Å². The van der Waals surface area contributed by atoms with Crippen LogP contribution in [0.1, 0.15) is 0 Å². The summed E-state index contributed by atoms with van der Waals surface area (Å²) < 4.78 is 13.8. The standard InChI is InChI=1S/C9H4BrClFNO/c10-5-2-1-4-6(11)3-7(14)13-9(4)8(5)12/h1-3H,(H,13,14). The van der Waals surface area contributed by atoms with Gasteiger partial charge in [0, 0.05) is 11.5 Å². The van der Waals surface area contributed by atoms with E-state index in [-0.39, 0.29) is 10.5 Å². The summed E-state index contributed by atoms with van der Waals surface area (Å²) >= 11 is 8.81. The molecule has 2 aromatic rings. The summed E-state index contributed by atoms with van der Waals surface area (Å²) in [6.07, 6.45) is 0. The summed E-state index contributed by atoms with van der Waals surface area (Å²) in [6.45, 7) is 0. The van der Waals surface area contributed by atoms with Crippen molar-refractivity contribution in [1.29, 1.82) is 0 Å². The van der Waals surface area contributed by atoms with Gasteiger partial charge in [0.05, 0.1) is 15.0 Å². The Balaban J connectivity index is 3.02. The molecule has 1 aromatic carbocycles. The predicted molar refractivity (Wildman–Crippen MR) is 57.2 cm³/mol. The Labute approximate surface area is 91.8 Å². The minimum Gasteiger partial charge on any atom is -0.319 e. The van der Waals surface area contributed by atoms with E-state index < -0.39 is 11.4 Å². The van der Waals surface area contributed by atoms with Crippen LogP contribution in [0.15, 0.2) is 27.5 Å². The van der Waals surface area contributed by atoms with Crippen molar-refractivity contribution in [1.82, 2.24) is 4.98 Å². The maximum absolute atomic E-state index is 13.5. The van der Waals surface area contributed by atoms with E-state index in [0.717, 1.165) is 0 Å². The number of aromatic amines is 1. The second-order valence-electron chi connectivity index (χ2n) is 2.77. The molecule has 0 atom stereocenters. The molecule has 0 fully saturated rings. The maximum atomic E-state index is 13.5. The monoisotopic (exact) mass is 275 g/mol. The first-order chi connectivity index (χ1) is 6.59. The molecule has 0 saturated heterocycles. The highest BCUT2D eigenvalue weighted by Gasteiger charge is 2.08. The maximum Gasteiger partial charge on any atom is 0.249 e. The first-order valence-corrected chi connectivity index (χ1v) is 4.93. The lowest BCUT2D eigenvalue weighted by Gasteiger charge is -2.02. The van der Waals surface area contributed by atoms with Gasteiger partial charge in [0.15, 0.2) is 5.82 Å². The van der Waals surface area contributed by atoms with Gasteiger partial charge in [-0.05, 0) is 22.0 Å². The van der Waals surface area contributed by atoms with E-state index in [2.05, 4.69) is 20.9 Å². The second-order valence-corrected chi connectivity index (χ2v) is 4.03. The predicted octanol–water partition coefficient (Wildman–Crippen LogP) is 3.08. The molecule has 0 aliphatic carbocycles. The van der Waals surface area contributed by atoms with E-state index in [4.69, 9.17) is 11.6 Å². The molecule has 14 heavy (non-hydrogen) atoms. The number of hydrogen-bond acceptors (Lipinski definition) is 1. The van der Waals surface area contributed by atoms with E-state index in [9.17, 15) is 9.18 Å². The smallest absolute Gasteiger partial charge is 0.249 e. The van der Waals surface area contributed by atoms with Crippen LogP contribution in [0.3, 0.4) is 0 Å². The molecule has 2 rings (SSSR count). The topological polar surface area (TPSA) is 32.9 Å². The number of pyridine rings is 1. The molecule has 1 heterocycles. The van der Waals surface area contributed by atoms with Crippen LogP contribution in [0, 0.1) is 5.82 Å². The Morgan fingerprint density at radius 1 is 1.43 bits per heavy atom. The van der Waals surface area contributed by atoms with Crippen LogP contribution in [0.5, 0.6) is 0 Å². The number of benzene rings is 1. The zero-order valence-electron chi connectivity index (χ0n) is 6.77. The number of hydrogen-bond donors (Lipinski definition) is 1. The summed E-state index contributed by atoms with van der Waals surface area (Å²) in [5, 5.41) is 0.738. The van der Waals surface area contributed by atoms with Crippen molar-refractivity contribution in [3.8, 4) is 0 Å². The summed E-state index contributed by atoms with van der Waals surface area (Å²) in [5.74, 6) is -0.512. The fraction of sp³-hybridized carbons (Fsp3) is 0. The lowest BCUT2D eigenvalue weighted by Crippen LogP contribution is -2.04. The van der Waals surface area contributed by atoms with Crippen molar-refractivity contribution in [3.63, 3.8) is 0 Å². The van der Waals surface area contributed by atoms with Crippen molar-refractivity contribution < 1.29 is 4.39 Å². The number of fused-ring (bicyclic) bond motifs is 1. The Morgan fingerprint density at radius 3 is 2.86 bits per heavy atom. The van der Waals surface area contributed by atoms with E-state index in [1.165, 1.54) is 6.07 Å². The molecule has 0 saturated carbocycles. The SMILES string of the molecule is O=c1cc(Cl)c2ccc(Br)c(F)c2[nH]1. The number of aromatic nitrogens is 1. The molecule has 0 unspecified atom stereocenters. The van der Waals surface area contributed by atoms with Crippen molar-refractivity contribution in [3.05, 3.63) is 43.9 Å². The average molecular weight is 276 g/mol. The van der Waals surface area contributed by atoms with Gasteiger partial charge in [-0.15, -0.1) is 0 Å². The summed E-state index contributed by atoms with van der Waals surface area (Å²) in [4.78, 5) is 13.4. The number of halogens is 3. The van der Waals surface area contributed by atoms with Crippen LogP contribution in [0.25, 0.3) is 10.9 Å². The highest BCUT2D eigenvalue weighted by atomic mass is 79.9. The van der Waals surface area contributed by atoms with Crippen LogP contribution in [0.2, 0.25) is 5.02 Å². The van der Waals surface area contributed by atoms with E-state index in [0.29, 0.717) is 9.86 Å². The van der Waals surface area contributed by atoms with Crippen molar-refractivity contribution in [2.75, 3.05) is 0 Å². The lowest BCUT2D eigenvalue weighted by atomic mass is 10.2. The average Bonchev–Trinajstić information content (AvgIpc) is 2.12. The molecule has 5 heteroatoms. The minimum atomic E-state index is -0.512. The van der Waals surface area contributed by atoms with Gasteiger partial charge in [-0.25, -0.2) is 4.39 Å². The molecule has 0 bridgehead atoms. The molecule has 1 N–H and O–H groups in total. The summed E-state index contributed by atoms with van der Waals surface area (Å²) in [7, 11) is 0. The molecular weight excluding hydrogens is 272 g/mol. The molecular formula is C9H4BrClFNO. The number of H-pyrrole nitrogens is 1. The van der Waals surface area contributed by atoms with Gasteiger partial charge in [0.1, 0.15) is 0 Å². The summed E-state index contributed by atoms with van der Waals surface area (Å²) in [5.41, 5.74) is -0.295. The zero-order chi connectivity index (χ0) is 10.3. The normalized spacial score (nSPS) is 10.8. The lowest BCUT2D eigenvalue weighted by molar-refractivity contribution is 0.630. The highest BCUT2D eigenvalue weighted by molar-refractivity contribution is 9.10. The van der Waals surface area contributed by atoms with E-state index in [1.807, 2.05) is 0 Å². The molecule has 0 aliphatic rings. The fourth-order valence-electron chi connectivity index (χ4n) is 1.22. The molecule has 1 aromatic heterocycles. The van der Waals surface area contributed by atoms with Crippen molar-refractivity contribution >= 4 is 38.4 Å². The van der Waals surface area contributed by atoms with Crippen molar-refractivity contribution in [2.24, 2.45) is 0 Å². The molecule has 0 amide bonds. The van der Waals surface area contributed by atoms with Gasteiger partial charge >= 0.3 is 0 Å². The van der Waals surface area contributed by atoms with Crippen LogP contribution in [-0.2, 0) is 0 Å². The first-order valence-electron chi connectivity index (χ1n) is 3.76.